The number of rotatable bonds is 2. The van der Waals surface area contributed by atoms with Gasteiger partial charge in [-0.1, -0.05) is 24.3 Å². The van der Waals surface area contributed by atoms with E-state index in [9.17, 15) is 0 Å². The summed E-state index contributed by atoms with van der Waals surface area (Å²) in [5.41, 5.74) is 8.20. The van der Waals surface area contributed by atoms with Gasteiger partial charge in [0.2, 0.25) is 0 Å². The van der Waals surface area contributed by atoms with E-state index in [1.165, 1.54) is 18.2 Å². The maximum atomic E-state index is 6.05. The van der Waals surface area contributed by atoms with E-state index >= 15 is 0 Å². The zero-order chi connectivity index (χ0) is 11.1. The van der Waals surface area contributed by atoms with Gasteiger partial charge in [0.15, 0.2) is 0 Å². The molecular weight excluding hydrogens is 194 g/mol. The third-order valence-corrected chi connectivity index (χ3v) is 2.56. The molecule has 1 atom stereocenters. The lowest BCUT2D eigenvalue weighted by Gasteiger charge is -2.10. The van der Waals surface area contributed by atoms with Crippen molar-refractivity contribution in [3.63, 3.8) is 0 Å². The van der Waals surface area contributed by atoms with Gasteiger partial charge in [-0.15, -0.1) is 18.2 Å². The highest BCUT2D eigenvalue weighted by molar-refractivity contribution is 6.22. The van der Waals surface area contributed by atoms with Crippen molar-refractivity contribution in [2.45, 2.75) is 19.2 Å². The average molecular weight is 212 g/mol. The van der Waals surface area contributed by atoms with Crippen LogP contribution in [0, 0.1) is 13.8 Å². The molecule has 0 aromatic heterocycles. The molecule has 1 nitrogen and oxygen atoms in total. The van der Waals surface area contributed by atoms with Crippen LogP contribution in [0.5, 0.6) is 0 Å². The van der Waals surface area contributed by atoms with Crippen LogP contribution in [0.1, 0.15) is 22.1 Å². The predicted molar refractivity (Wildman–Crippen MR) is 64.8 cm³/mol. The van der Waals surface area contributed by atoms with Gasteiger partial charge in [-0.3, -0.25) is 0 Å². The van der Waals surface area contributed by atoms with Crippen molar-refractivity contribution in [2.75, 3.05) is 7.05 Å². The van der Waals surface area contributed by atoms with Crippen molar-refractivity contribution in [3.8, 4) is 0 Å². The number of hydrogen-bond donors (Lipinski definition) is 1. The Morgan fingerprint density at radius 1 is 1.36 bits per heavy atom. The summed E-state index contributed by atoms with van der Waals surface area (Å²) in [6.45, 7) is 7.85. The molecule has 1 aromatic rings. The smallest absolute Gasteiger partial charge is 0.0766 e. The first-order chi connectivity index (χ1) is 6.66. The molecule has 1 rings (SSSR count). The normalized spacial score (nSPS) is 11.2. The third-order valence-electron chi connectivity index (χ3n) is 2.15. The second-order valence-electron chi connectivity index (χ2n) is 2.93. The largest absolute Gasteiger partial charge is 0.333 e. The van der Waals surface area contributed by atoms with Crippen LogP contribution >= 0.6 is 11.6 Å². The Morgan fingerprint density at radius 3 is 2.43 bits per heavy atom. The molecular formula is C12H18ClN. The lowest BCUT2D eigenvalue weighted by Crippen LogP contribution is -1.92. The fourth-order valence-corrected chi connectivity index (χ4v) is 1.44. The fourth-order valence-electron chi connectivity index (χ4n) is 1.20. The van der Waals surface area contributed by atoms with Crippen LogP contribution in [0.2, 0.25) is 0 Å². The molecule has 1 unspecified atom stereocenters. The molecule has 0 saturated heterocycles. The van der Waals surface area contributed by atoms with E-state index < -0.39 is 0 Å². The summed E-state index contributed by atoms with van der Waals surface area (Å²) in [5.74, 6) is 0. The molecule has 2 N–H and O–H groups in total. The van der Waals surface area contributed by atoms with Crippen molar-refractivity contribution in [1.29, 1.82) is 0 Å². The van der Waals surface area contributed by atoms with Gasteiger partial charge in [-0.05, 0) is 37.6 Å². The predicted octanol–water partition coefficient (Wildman–Crippen LogP) is 3.34. The number of halogens is 1. The van der Waals surface area contributed by atoms with Crippen molar-refractivity contribution >= 4 is 11.6 Å². The van der Waals surface area contributed by atoms with Crippen LogP contribution in [-0.2, 0) is 0 Å². The number of aryl methyl sites for hydroxylation is 1. The van der Waals surface area contributed by atoms with E-state index in [4.69, 9.17) is 11.6 Å². The second-order valence-corrected chi connectivity index (χ2v) is 3.40. The van der Waals surface area contributed by atoms with Crippen molar-refractivity contribution in [1.82, 2.24) is 0 Å². The molecule has 0 radical (unpaired) electrons. The lowest BCUT2D eigenvalue weighted by molar-refractivity contribution is 1.15. The summed E-state index contributed by atoms with van der Waals surface area (Å²) >= 11 is 6.05. The molecule has 0 aliphatic rings. The van der Waals surface area contributed by atoms with E-state index in [1.54, 1.807) is 6.08 Å². The highest BCUT2D eigenvalue weighted by Crippen LogP contribution is 2.25. The summed E-state index contributed by atoms with van der Waals surface area (Å²) < 4.78 is 0. The number of hydrogen-bond acceptors (Lipinski definition) is 1. The second kappa shape index (κ2) is 6.63. The highest BCUT2D eigenvalue weighted by Gasteiger charge is 2.06. The molecule has 1 aromatic carbocycles. The van der Waals surface area contributed by atoms with E-state index in [1.807, 2.05) is 12.1 Å². The van der Waals surface area contributed by atoms with E-state index in [0.29, 0.717) is 0 Å². The molecule has 0 amide bonds. The maximum absolute atomic E-state index is 6.05. The van der Waals surface area contributed by atoms with Gasteiger partial charge in [0, 0.05) is 0 Å². The average Bonchev–Trinajstić information content (AvgIpc) is 2.24. The monoisotopic (exact) mass is 211 g/mol. The van der Waals surface area contributed by atoms with Gasteiger partial charge in [0.25, 0.3) is 0 Å². The first-order valence-corrected chi connectivity index (χ1v) is 5.01. The Kier molecular flexibility index (Phi) is 6.26. The molecule has 2 heteroatoms. The van der Waals surface area contributed by atoms with Gasteiger partial charge < -0.3 is 5.73 Å². The van der Waals surface area contributed by atoms with Crippen LogP contribution < -0.4 is 5.73 Å². The van der Waals surface area contributed by atoms with Crippen LogP contribution in [0.25, 0.3) is 0 Å². The fraction of sp³-hybridized carbons (Fsp3) is 0.333. The minimum absolute atomic E-state index is 0.0649. The lowest BCUT2D eigenvalue weighted by atomic mass is 10.0. The summed E-state index contributed by atoms with van der Waals surface area (Å²) in [6, 6.07) is 6.16. The number of alkyl halides is 1. The number of benzene rings is 1. The van der Waals surface area contributed by atoms with Crippen molar-refractivity contribution in [3.05, 3.63) is 47.5 Å². The maximum Gasteiger partial charge on any atom is 0.0766 e. The molecule has 0 spiro atoms. The summed E-state index contributed by atoms with van der Waals surface area (Å²) in [4.78, 5) is 0. The molecule has 0 aliphatic heterocycles. The van der Waals surface area contributed by atoms with Crippen LogP contribution in [0.15, 0.2) is 30.9 Å². The van der Waals surface area contributed by atoms with Gasteiger partial charge in [0.1, 0.15) is 0 Å². The Hall–Kier alpha value is -0.790. The zero-order valence-electron chi connectivity index (χ0n) is 9.05. The van der Waals surface area contributed by atoms with Crippen LogP contribution in [0.4, 0.5) is 0 Å². The third kappa shape index (κ3) is 3.17. The molecule has 0 bridgehead atoms. The van der Waals surface area contributed by atoms with E-state index in [2.05, 4.69) is 32.2 Å². The van der Waals surface area contributed by atoms with Crippen LogP contribution in [0.3, 0.4) is 0 Å². The van der Waals surface area contributed by atoms with Gasteiger partial charge in [0.05, 0.1) is 5.38 Å². The SMILES string of the molecule is C=CC(Cl)c1cccc(C)c1C.CN. The number of nitrogens with two attached hydrogens (primary N) is 1. The quantitative estimate of drug-likeness (QED) is 0.589. The first-order valence-electron chi connectivity index (χ1n) is 4.57. The van der Waals surface area contributed by atoms with Crippen molar-refractivity contribution in [2.24, 2.45) is 5.73 Å². The Bertz CT molecular complexity index is 294. The summed E-state index contributed by atoms with van der Waals surface area (Å²) in [5, 5.41) is -0.0649. The van der Waals surface area contributed by atoms with Gasteiger partial charge in [-0.2, -0.15) is 0 Å². The molecule has 0 heterocycles. The molecule has 0 saturated carbocycles. The Morgan fingerprint density at radius 2 is 1.93 bits per heavy atom. The Balaban J connectivity index is 0.000000791. The van der Waals surface area contributed by atoms with Gasteiger partial charge >= 0.3 is 0 Å². The van der Waals surface area contributed by atoms with E-state index in [-0.39, 0.29) is 5.38 Å². The number of allylic oxidation sites excluding steroid dienone is 1. The molecule has 78 valence electrons. The highest BCUT2D eigenvalue weighted by atomic mass is 35.5. The standard InChI is InChI=1S/C11H13Cl.CH5N/c1-4-11(12)10-7-5-6-8(2)9(10)3;1-2/h4-7,11H,1H2,2-3H3;2H2,1H3. The summed E-state index contributed by atoms with van der Waals surface area (Å²) in [6.07, 6.45) is 1.75. The minimum Gasteiger partial charge on any atom is -0.333 e. The van der Waals surface area contributed by atoms with Gasteiger partial charge in [-0.25, -0.2) is 0 Å². The summed E-state index contributed by atoms with van der Waals surface area (Å²) in [7, 11) is 1.50. The zero-order valence-corrected chi connectivity index (χ0v) is 9.81. The molecule has 0 aliphatic carbocycles. The first kappa shape index (κ1) is 13.2. The molecule has 0 fully saturated rings. The van der Waals surface area contributed by atoms with E-state index in [0.717, 1.165) is 5.56 Å². The van der Waals surface area contributed by atoms with Crippen LogP contribution in [-0.4, -0.2) is 7.05 Å². The topological polar surface area (TPSA) is 26.0 Å². The Labute approximate surface area is 91.6 Å². The minimum atomic E-state index is -0.0649. The molecule has 14 heavy (non-hydrogen) atoms. The van der Waals surface area contributed by atoms with Crippen molar-refractivity contribution < 1.29 is 0 Å².